The Bertz CT molecular complexity index is 1680. The number of rotatable bonds is 3. The van der Waals surface area contributed by atoms with Crippen molar-refractivity contribution >= 4 is 55.0 Å². The zero-order valence-electron chi connectivity index (χ0n) is 17.9. The lowest BCUT2D eigenvalue weighted by Crippen LogP contribution is -2.06. The van der Waals surface area contributed by atoms with Gasteiger partial charge in [0.15, 0.2) is 0 Å². The zero-order chi connectivity index (χ0) is 23.4. The molecule has 4 heteroatoms. The predicted molar refractivity (Wildman–Crippen MR) is 136 cm³/mol. The minimum Gasteiger partial charge on any atom is -0.478 e. The Balaban J connectivity index is 1.96. The fourth-order valence-electron chi connectivity index (χ4n) is 5.07. The lowest BCUT2D eigenvalue weighted by atomic mass is 9.84. The number of hydrogen-bond acceptors (Lipinski definition) is 2. The molecule has 6 rings (SSSR count). The van der Waals surface area contributed by atoms with Gasteiger partial charge in [0, 0.05) is 11.1 Å². The normalized spacial score (nSPS) is 11.4. The molecule has 0 heterocycles. The Morgan fingerprint density at radius 2 is 0.794 bits per heavy atom. The number of carboxylic acids is 2. The molecule has 0 saturated carbocycles. The van der Waals surface area contributed by atoms with Crippen LogP contribution in [-0.2, 0) is 0 Å². The summed E-state index contributed by atoms with van der Waals surface area (Å²) in [6.45, 7) is 0. The second-order valence-electron chi connectivity index (χ2n) is 8.36. The molecule has 0 aliphatic rings. The third-order valence-electron chi connectivity index (χ3n) is 6.53. The van der Waals surface area contributed by atoms with E-state index in [4.69, 9.17) is 0 Å². The minimum atomic E-state index is -1.10. The maximum Gasteiger partial charge on any atom is 0.336 e. The van der Waals surface area contributed by atoms with E-state index < -0.39 is 11.9 Å². The summed E-state index contributed by atoms with van der Waals surface area (Å²) >= 11 is 0. The summed E-state index contributed by atoms with van der Waals surface area (Å²) in [5.41, 5.74) is 1.01. The van der Waals surface area contributed by atoms with Crippen molar-refractivity contribution in [3.63, 3.8) is 0 Å². The highest BCUT2D eigenvalue weighted by Crippen LogP contribution is 2.44. The van der Waals surface area contributed by atoms with Gasteiger partial charge in [-0.05, 0) is 55.2 Å². The van der Waals surface area contributed by atoms with E-state index in [1.807, 2.05) is 72.8 Å². The molecular formula is C30H18O4. The van der Waals surface area contributed by atoms with Gasteiger partial charge in [-0.3, -0.25) is 0 Å². The third kappa shape index (κ3) is 2.86. The Hall–Kier alpha value is -4.70. The maximum absolute atomic E-state index is 12.5. The van der Waals surface area contributed by atoms with Gasteiger partial charge in [0.05, 0.1) is 11.1 Å². The van der Waals surface area contributed by atoms with Crippen molar-refractivity contribution in [1.82, 2.24) is 0 Å². The first-order valence-electron chi connectivity index (χ1n) is 10.9. The number of carbonyl (C=O) groups is 2. The summed E-state index contributed by atoms with van der Waals surface area (Å²) in [4.78, 5) is 25.0. The first kappa shape index (κ1) is 19.9. The van der Waals surface area contributed by atoms with Crippen LogP contribution in [0.25, 0.3) is 54.2 Å². The average Bonchev–Trinajstić information content (AvgIpc) is 2.86. The van der Waals surface area contributed by atoms with E-state index in [1.54, 1.807) is 24.3 Å². The van der Waals surface area contributed by atoms with Crippen molar-refractivity contribution < 1.29 is 19.8 Å². The molecule has 0 amide bonds. The van der Waals surface area contributed by atoms with Crippen molar-refractivity contribution in [2.75, 3.05) is 0 Å². The molecule has 0 spiro atoms. The van der Waals surface area contributed by atoms with Gasteiger partial charge in [-0.2, -0.15) is 0 Å². The fourth-order valence-corrected chi connectivity index (χ4v) is 5.07. The van der Waals surface area contributed by atoms with Crippen molar-refractivity contribution in [2.24, 2.45) is 0 Å². The lowest BCUT2D eigenvalue weighted by Gasteiger charge is -2.18. The van der Waals surface area contributed by atoms with E-state index in [2.05, 4.69) is 0 Å². The quantitative estimate of drug-likeness (QED) is 0.281. The Kier molecular flexibility index (Phi) is 4.36. The standard InChI is InChI=1S/C30H18O4/c31-29(32)23-15-13-19-11-9-17-5-1-3-7-21(17)25(19)27(23)28-24(30(33)34)16-14-20-12-10-18-6-2-4-8-22(18)26(20)28/h1-16H,(H,31,32)(H,33,34). The Labute approximate surface area is 194 Å². The Morgan fingerprint density at radius 3 is 1.21 bits per heavy atom. The van der Waals surface area contributed by atoms with E-state index in [9.17, 15) is 19.8 Å². The number of fused-ring (bicyclic) bond motifs is 6. The molecule has 0 bridgehead atoms. The SMILES string of the molecule is O=C(O)c1ccc2ccc3ccccc3c2c1-c1c(C(=O)O)ccc2ccc3ccccc3c12. The summed E-state index contributed by atoms with van der Waals surface area (Å²) in [7, 11) is 0. The fraction of sp³-hybridized carbons (Fsp3) is 0. The third-order valence-corrected chi connectivity index (χ3v) is 6.53. The molecule has 0 fully saturated rings. The summed E-state index contributed by atoms with van der Waals surface area (Å²) in [6.07, 6.45) is 0. The van der Waals surface area contributed by atoms with Crippen LogP contribution in [0.3, 0.4) is 0 Å². The summed E-state index contributed by atoms with van der Waals surface area (Å²) in [5.74, 6) is -2.20. The smallest absolute Gasteiger partial charge is 0.336 e. The van der Waals surface area contributed by atoms with Crippen LogP contribution in [0.1, 0.15) is 20.7 Å². The molecule has 0 unspecified atom stereocenters. The van der Waals surface area contributed by atoms with E-state index in [0.717, 1.165) is 43.1 Å². The van der Waals surface area contributed by atoms with Gasteiger partial charge < -0.3 is 10.2 Å². The minimum absolute atomic E-state index is 0.0757. The van der Waals surface area contributed by atoms with Crippen LogP contribution in [0.4, 0.5) is 0 Å². The predicted octanol–water partition coefficient (Wildman–Crippen LogP) is 7.36. The number of benzene rings is 6. The summed E-state index contributed by atoms with van der Waals surface area (Å²) in [5, 5.41) is 27.3. The van der Waals surface area contributed by atoms with Gasteiger partial charge in [0.25, 0.3) is 0 Å². The van der Waals surface area contributed by atoms with Crippen molar-refractivity contribution in [3.8, 4) is 11.1 Å². The largest absolute Gasteiger partial charge is 0.478 e. The van der Waals surface area contributed by atoms with Crippen LogP contribution >= 0.6 is 0 Å². The van der Waals surface area contributed by atoms with Gasteiger partial charge in [-0.25, -0.2) is 9.59 Å². The lowest BCUT2D eigenvalue weighted by molar-refractivity contribution is 0.0684. The van der Waals surface area contributed by atoms with Crippen LogP contribution in [0.2, 0.25) is 0 Å². The highest BCUT2D eigenvalue weighted by molar-refractivity contribution is 6.26. The molecule has 0 saturated heterocycles. The van der Waals surface area contributed by atoms with Gasteiger partial charge in [0.2, 0.25) is 0 Å². The van der Waals surface area contributed by atoms with Crippen LogP contribution in [-0.4, -0.2) is 22.2 Å². The number of carboxylic acid groups (broad SMARTS) is 2. The van der Waals surface area contributed by atoms with E-state index in [0.29, 0.717) is 11.1 Å². The van der Waals surface area contributed by atoms with Crippen LogP contribution in [0.15, 0.2) is 97.1 Å². The monoisotopic (exact) mass is 442 g/mol. The Morgan fingerprint density at radius 1 is 0.441 bits per heavy atom. The summed E-state index contributed by atoms with van der Waals surface area (Å²) in [6, 6.07) is 30.2. The van der Waals surface area contributed by atoms with Crippen LogP contribution < -0.4 is 0 Å². The van der Waals surface area contributed by atoms with Gasteiger partial charge in [0.1, 0.15) is 0 Å². The number of hydrogen-bond donors (Lipinski definition) is 2. The van der Waals surface area contributed by atoms with Crippen LogP contribution in [0, 0.1) is 0 Å². The van der Waals surface area contributed by atoms with E-state index >= 15 is 0 Å². The van der Waals surface area contributed by atoms with Crippen LogP contribution in [0.5, 0.6) is 0 Å². The summed E-state index contributed by atoms with van der Waals surface area (Å²) < 4.78 is 0. The van der Waals surface area contributed by atoms with Crippen molar-refractivity contribution in [1.29, 1.82) is 0 Å². The maximum atomic E-state index is 12.5. The molecule has 0 aliphatic heterocycles. The molecule has 162 valence electrons. The van der Waals surface area contributed by atoms with Crippen molar-refractivity contribution in [2.45, 2.75) is 0 Å². The molecule has 6 aromatic rings. The molecule has 6 aromatic carbocycles. The van der Waals surface area contributed by atoms with Gasteiger partial charge in [-0.15, -0.1) is 0 Å². The molecule has 0 aliphatic carbocycles. The second-order valence-corrected chi connectivity index (χ2v) is 8.36. The van der Waals surface area contributed by atoms with E-state index in [-0.39, 0.29) is 11.1 Å². The highest BCUT2D eigenvalue weighted by atomic mass is 16.4. The van der Waals surface area contributed by atoms with Gasteiger partial charge >= 0.3 is 11.9 Å². The highest BCUT2D eigenvalue weighted by Gasteiger charge is 2.24. The first-order chi connectivity index (χ1) is 16.5. The first-order valence-corrected chi connectivity index (χ1v) is 10.9. The molecule has 4 nitrogen and oxygen atoms in total. The average molecular weight is 442 g/mol. The molecule has 0 radical (unpaired) electrons. The zero-order valence-corrected chi connectivity index (χ0v) is 17.9. The van der Waals surface area contributed by atoms with Gasteiger partial charge in [-0.1, -0.05) is 84.9 Å². The molecule has 34 heavy (non-hydrogen) atoms. The molecule has 0 aromatic heterocycles. The topological polar surface area (TPSA) is 74.6 Å². The van der Waals surface area contributed by atoms with E-state index in [1.165, 1.54) is 0 Å². The second kappa shape index (κ2) is 7.42. The molecular weight excluding hydrogens is 424 g/mol. The molecule has 2 N–H and O–H groups in total. The molecule has 0 atom stereocenters. The van der Waals surface area contributed by atoms with Crippen molar-refractivity contribution in [3.05, 3.63) is 108 Å². The number of aromatic carboxylic acids is 2.